The quantitative estimate of drug-likeness (QED) is 0.940. The number of carbonyl (C=O) groups is 1. The highest BCUT2D eigenvalue weighted by Gasteiger charge is 2.31. The Bertz CT molecular complexity index is 662. The molecule has 5 nitrogen and oxygen atoms in total. The monoisotopic (exact) mass is 320 g/mol. The van der Waals surface area contributed by atoms with Gasteiger partial charge in [0, 0.05) is 18.0 Å². The third-order valence-corrected chi connectivity index (χ3v) is 4.78. The van der Waals surface area contributed by atoms with Gasteiger partial charge in [0.15, 0.2) is 10.8 Å². The number of carbonyl (C=O) groups excluding carboxylic acids is 1. The first-order valence-electron chi connectivity index (χ1n) is 7.56. The summed E-state index contributed by atoms with van der Waals surface area (Å²) in [7, 11) is 0. The van der Waals surface area contributed by atoms with Gasteiger partial charge < -0.3 is 14.4 Å². The van der Waals surface area contributed by atoms with E-state index in [1.807, 2.05) is 24.0 Å². The van der Waals surface area contributed by atoms with Crippen LogP contribution in [-0.2, 0) is 0 Å². The van der Waals surface area contributed by atoms with Crippen molar-refractivity contribution in [2.75, 3.05) is 6.54 Å². The zero-order valence-corrected chi connectivity index (χ0v) is 13.6. The van der Waals surface area contributed by atoms with Gasteiger partial charge >= 0.3 is 0 Å². The lowest BCUT2D eigenvalue weighted by molar-refractivity contribution is 0.0677. The summed E-state index contributed by atoms with van der Waals surface area (Å²) in [5, 5.41) is 12.1. The van der Waals surface area contributed by atoms with E-state index in [1.165, 1.54) is 11.3 Å². The van der Waals surface area contributed by atoms with Crippen molar-refractivity contribution in [2.24, 2.45) is 0 Å². The molecule has 3 heterocycles. The summed E-state index contributed by atoms with van der Waals surface area (Å²) in [6, 6.07) is 3.87. The van der Waals surface area contributed by atoms with Crippen LogP contribution in [0.15, 0.2) is 21.9 Å². The topological polar surface area (TPSA) is 66.6 Å². The number of aliphatic hydroxyl groups excluding tert-OH is 1. The molecule has 2 unspecified atom stereocenters. The maximum absolute atomic E-state index is 12.6. The van der Waals surface area contributed by atoms with Gasteiger partial charge in [-0.25, -0.2) is 4.98 Å². The number of aliphatic hydroxyl groups is 1. The smallest absolute Gasteiger partial charge is 0.273 e. The SMILES string of the molecule is Cc1ccc(-c2nc(C(=O)N3CCCC3CC(C)O)cs2)o1. The minimum Gasteiger partial charge on any atom is -0.459 e. The fourth-order valence-electron chi connectivity index (χ4n) is 2.92. The Balaban J connectivity index is 1.76. The van der Waals surface area contributed by atoms with Gasteiger partial charge in [-0.1, -0.05) is 0 Å². The van der Waals surface area contributed by atoms with Crippen LogP contribution in [0.2, 0.25) is 0 Å². The summed E-state index contributed by atoms with van der Waals surface area (Å²) in [5.74, 6) is 1.48. The van der Waals surface area contributed by atoms with Crippen LogP contribution in [0.1, 0.15) is 42.4 Å². The molecular weight excluding hydrogens is 300 g/mol. The third kappa shape index (κ3) is 3.08. The first-order chi connectivity index (χ1) is 10.5. The Morgan fingerprint density at radius 3 is 3.09 bits per heavy atom. The molecular formula is C16H20N2O3S. The van der Waals surface area contributed by atoms with E-state index in [0.29, 0.717) is 17.9 Å². The molecule has 0 aromatic carbocycles. The van der Waals surface area contributed by atoms with Crippen molar-refractivity contribution in [1.82, 2.24) is 9.88 Å². The van der Waals surface area contributed by atoms with E-state index in [9.17, 15) is 9.90 Å². The molecule has 1 fully saturated rings. The zero-order valence-electron chi connectivity index (χ0n) is 12.8. The van der Waals surface area contributed by atoms with Crippen LogP contribution in [0.5, 0.6) is 0 Å². The fourth-order valence-corrected chi connectivity index (χ4v) is 3.68. The normalized spacial score (nSPS) is 19.6. The lowest BCUT2D eigenvalue weighted by atomic mass is 10.1. The van der Waals surface area contributed by atoms with E-state index in [4.69, 9.17) is 4.42 Å². The number of rotatable bonds is 4. The molecule has 2 aromatic rings. The van der Waals surface area contributed by atoms with Gasteiger partial charge in [-0.2, -0.15) is 0 Å². The largest absolute Gasteiger partial charge is 0.459 e. The maximum atomic E-state index is 12.6. The van der Waals surface area contributed by atoms with E-state index in [1.54, 1.807) is 12.3 Å². The Morgan fingerprint density at radius 1 is 1.59 bits per heavy atom. The highest BCUT2D eigenvalue weighted by molar-refractivity contribution is 7.13. The number of aryl methyl sites for hydroxylation is 1. The molecule has 1 amide bonds. The molecule has 0 radical (unpaired) electrons. The predicted octanol–water partition coefficient (Wildman–Crippen LogP) is 3.09. The molecule has 3 rings (SSSR count). The first kappa shape index (κ1) is 15.2. The summed E-state index contributed by atoms with van der Waals surface area (Å²) in [5.41, 5.74) is 0.464. The van der Waals surface area contributed by atoms with Crippen molar-refractivity contribution in [3.63, 3.8) is 0 Å². The highest BCUT2D eigenvalue weighted by atomic mass is 32.1. The molecule has 2 atom stereocenters. The number of aromatic nitrogens is 1. The van der Waals surface area contributed by atoms with Crippen LogP contribution >= 0.6 is 11.3 Å². The lowest BCUT2D eigenvalue weighted by Crippen LogP contribution is -2.37. The molecule has 1 aliphatic rings. The molecule has 0 aliphatic carbocycles. The van der Waals surface area contributed by atoms with Gasteiger partial charge in [0.1, 0.15) is 11.5 Å². The summed E-state index contributed by atoms with van der Waals surface area (Å²) < 4.78 is 5.55. The van der Waals surface area contributed by atoms with Crippen LogP contribution in [0, 0.1) is 6.92 Å². The van der Waals surface area contributed by atoms with Gasteiger partial charge in [-0.05, 0) is 45.2 Å². The number of thiazole rings is 1. The van der Waals surface area contributed by atoms with Crippen LogP contribution in [0.3, 0.4) is 0 Å². The van der Waals surface area contributed by atoms with Crippen molar-refractivity contribution in [3.8, 4) is 10.8 Å². The van der Waals surface area contributed by atoms with Crippen LogP contribution < -0.4 is 0 Å². The van der Waals surface area contributed by atoms with Crippen molar-refractivity contribution in [3.05, 3.63) is 29.0 Å². The summed E-state index contributed by atoms with van der Waals surface area (Å²) >= 11 is 1.42. The van der Waals surface area contributed by atoms with Gasteiger partial charge in [-0.15, -0.1) is 11.3 Å². The average Bonchev–Trinajstić information content (AvgIpc) is 3.16. The lowest BCUT2D eigenvalue weighted by Gasteiger charge is -2.24. The number of hydrogen-bond donors (Lipinski definition) is 1. The second-order valence-electron chi connectivity index (χ2n) is 5.83. The Kier molecular flexibility index (Phi) is 4.31. The molecule has 2 aromatic heterocycles. The molecule has 22 heavy (non-hydrogen) atoms. The fraction of sp³-hybridized carbons (Fsp3) is 0.500. The summed E-state index contributed by atoms with van der Waals surface area (Å²) in [4.78, 5) is 18.9. The third-order valence-electron chi connectivity index (χ3n) is 3.93. The standard InChI is InChI=1S/C16H20N2O3S/c1-10(19)8-12-4-3-7-18(12)16(20)13-9-22-15(17-13)14-6-5-11(2)21-14/h5-6,9-10,12,19H,3-4,7-8H2,1-2H3. The Hall–Kier alpha value is -1.66. The number of furan rings is 1. The molecule has 1 N–H and O–H groups in total. The van der Waals surface area contributed by atoms with Crippen LogP contribution in [-0.4, -0.2) is 39.6 Å². The van der Waals surface area contributed by atoms with Crippen molar-refractivity contribution >= 4 is 17.2 Å². The molecule has 118 valence electrons. The number of nitrogens with zero attached hydrogens (tertiary/aromatic N) is 2. The van der Waals surface area contributed by atoms with Gasteiger partial charge in [0.05, 0.1) is 6.10 Å². The van der Waals surface area contributed by atoms with E-state index in [-0.39, 0.29) is 11.9 Å². The van der Waals surface area contributed by atoms with Crippen molar-refractivity contribution in [2.45, 2.75) is 45.3 Å². The van der Waals surface area contributed by atoms with Crippen LogP contribution in [0.25, 0.3) is 10.8 Å². The molecule has 0 saturated carbocycles. The number of amides is 1. The Labute approximate surface area is 133 Å². The molecule has 0 spiro atoms. The van der Waals surface area contributed by atoms with Crippen molar-refractivity contribution in [1.29, 1.82) is 0 Å². The molecule has 6 heteroatoms. The number of likely N-dealkylation sites (tertiary alicyclic amines) is 1. The molecule has 0 bridgehead atoms. The second kappa shape index (κ2) is 6.22. The summed E-state index contributed by atoms with van der Waals surface area (Å²) in [6.45, 7) is 4.39. The zero-order chi connectivity index (χ0) is 15.7. The molecule has 1 aliphatic heterocycles. The predicted molar refractivity (Wildman–Crippen MR) is 84.9 cm³/mol. The average molecular weight is 320 g/mol. The number of hydrogen-bond acceptors (Lipinski definition) is 5. The van der Waals surface area contributed by atoms with E-state index >= 15 is 0 Å². The summed E-state index contributed by atoms with van der Waals surface area (Å²) in [6.07, 6.45) is 2.17. The first-order valence-corrected chi connectivity index (χ1v) is 8.44. The minimum atomic E-state index is -0.393. The van der Waals surface area contributed by atoms with E-state index < -0.39 is 6.10 Å². The van der Waals surface area contributed by atoms with Gasteiger partial charge in [-0.3, -0.25) is 4.79 Å². The van der Waals surface area contributed by atoms with E-state index in [0.717, 1.165) is 30.2 Å². The van der Waals surface area contributed by atoms with Crippen LogP contribution in [0.4, 0.5) is 0 Å². The van der Waals surface area contributed by atoms with E-state index in [2.05, 4.69) is 4.98 Å². The van der Waals surface area contributed by atoms with Crippen molar-refractivity contribution < 1.29 is 14.3 Å². The minimum absolute atomic E-state index is 0.0473. The molecule has 1 saturated heterocycles. The second-order valence-corrected chi connectivity index (χ2v) is 6.69. The Morgan fingerprint density at radius 2 is 2.41 bits per heavy atom. The maximum Gasteiger partial charge on any atom is 0.273 e. The van der Waals surface area contributed by atoms with Gasteiger partial charge in [0.25, 0.3) is 5.91 Å². The highest BCUT2D eigenvalue weighted by Crippen LogP contribution is 2.28. The van der Waals surface area contributed by atoms with Gasteiger partial charge in [0.2, 0.25) is 0 Å².